The van der Waals surface area contributed by atoms with E-state index in [1.54, 1.807) is 24.3 Å². The molecule has 2 aromatic carbocycles. The van der Waals surface area contributed by atoms with Crippen LogP contribution in [0.25, 0.3) is 0 Å². The van der Waals surface area contributed by atoms with Crippen LogP contribution >= 0.6 is 0 Å². The van der Waals surface area contributed by atoms with Gasteiger partial charge in [-0.2, -0.15) is 0 Å². The number of hydrogen-bond acceptors (Lipinski definition) is 1. The van der Waals surface area contributed by atoms with E-state index >= 15 is 0 Å². The molecule has 0 radical (unpaired) electrons. The summed E-state index contributed by atoms with van der Waals surface area (Å²) < 4.78 is 0. The molecule has 24 heavy (non-hydrogen) atoms. The van der Waals surface area contributed by atoms with Crippen LogP contribution in [0.5, 0.6) is 0 Å². The average molecular weight is 316 g/mol. The minimum absolute atomic E-state index is 0.000752. The summed E-state index contributed by atoms with van der Waals surface area (Å²) in [7, 11) is 0. The van der Waals surface area contributed by atoms with Gasteiger partial charge in [0.1, 0.15) is 0 Å². The molecule has 0 N–H and O–H groups in total. The Balaban J connectivity index is 2.02. The smallest absolute Gasteiger partial charge is 0.178 e. The highest BCUT2D eigenvalue weighted by atomic mass is 16.1. The Bertz CT molecular complexity index is 891. The maximum atomic E-state index is 11.3. The Kier molecular flexibility index (Phi) is 4.10. The van der Waals surface area contributed by atoms with E-state index in [4.69, 9.17) is 0 Å². The van der Waals surface area contributed by atoms with Crippen LogP contribution in [0.15, 0.2) is 53.3 Å². The van der Waals surface area contributed by atoms with Crippen molar-refractivity contribution in [1.29, 1.82) is 0 Å². The van der Waals surface area contributed by atoms with Crippen LogP contribution in [0.4, 0.5) is 0 Å². The van der Waals surface area contributed by atoms with Gasteiger partial charge in [-0.3, -0.25) is 4.79 Å². The van der Waals surface area contributed by atoms with E-state index in [0.29, 0.717) is 0 Å². The molecule has 1 heteroatoms. The zero-order valence-corrected chi connectivity index (χ0v) is 14.9. The van der Waals surface area contributed by atoms with E-state index in [-0.39, 0.29) is 16.3 Å². The molecular weight excluding hydrogens is 292 g/mol. The van der Waals surface area contributed by atoms with Gasteiger partial charge >= 0.3 is 0 Å². The zero-order chi connectivity index (χ0) is 17.4. The molecule has 0 aliphatic heterocycles. The molecule has 1 nitrogen and oxygen atoms in total. The monoisotopic (exact) mass is 316 g/mol. The van der Waals surface area contributed by atoms with Gasteiger partial charge in [0, 0.05) is 11.1 Å². The second-order valence-electron chi connectivity index (χ2n) is 7.99. The largest absolute Gasteiger partial charge is 0.290 e. The SMILES string of the molecule is CC1(C)CCC(C)(C)c2cc(C#Cc3cccc(=O)cc3)ccc21. The van der Waals surface area contributed by atoms with Gasteiger partial charge in [0.05, 0.1) is 0 Å². The van der Waals surface area contributed by atoms with E-state index < -0.39 is 0 Å². The second-order valence-corrected chi connectivity index (χ2v) is 7.99. The highest BCUT2D eigenvalue weighted by molar-refractivity contribution is 5.50. The summed E-state index contributed by atoms with van der Waals surface area (Å²) in [6.07, 6.45) is 2.42. The molecule has 0 aromatic heterocycles. The van der Waals surface area contributed by atoms with Crippen molar-refractivity contribution >= 4 is 0 Å². The van der Waals surface area contributed by atoms with E-state index in [2.05, 4.69) is 57.7 Å². The maximum Gasteiger partial charge on any atom is 0.178 e. The average Bonchev–Trinajstić information content (AvgIpc) is 2.74. The lowest BCUT2D eigenvalue weighted by Gasteiger charge is -2.41. The molecule has 0 unspecified atom stereocenters. The first-order valence-electron chi connectivity index (χ1n) is 8.55. The van der Waals surface area contributed by atoms with Crippen LogP contribution in [0.1, 0.15) is 62.8 Å². The van der Waals surface area contributed by atoms with E-state index in [9.17, 15) is 4.79 Å². The summed E-state index contributed by atoms with van der Waals surface area (Å²) in [5.74, 6) is 6.43. The summed E-state index contributed by atoms with van der Waals surface area (Å²) in [4.78, 5) is 11.3. The second kappa shape index (κ2) is 5.95. The van der Waals surface area contributed by atoms with Crippen LogP contribution in [0, 0.1) is 11.8 Å². The summed E-state index contributed by atoms with van der Waals surface area (Å²) >= 11 is 0. The Labute approximate surface area is 144 Å². The third kappa shape index (κ3) is 3.29. The molecule has 2 aromatic rings. The lowest BCUT2D eigenvalue weighted by molar-refractivity contribution is 0.332. The lowest BCUT2D eigenvalue weighted by Crippen LogP contribution is -2.33. The Morgan fingerprint density at radius 2 is 1.38 bits per heavy atom. The Hall–Kier alpha value is -2.33. The maximum absolute atomic E-state index is 11.3. The Morgan fingerprint density at radius 1 is 0.750 bits per heavy atom. The fourth-order valence-electron chi connectivity index (χ4n) is 3.42. The molecule has 0 heterocycles. The topological polar surface area (TPSA) is 17.1 Å². The standard InChI is InChI=1S/C23H24O/c1-22(2)14-15-23(3,4)21-16-18(11-13-20(21)22)9-8-17-6-5-7-19(24)12-10-17/h5-7,10-13,16H,14-15H2,1-4H3. The number of rotatable bonds is 0. The molecule has 0 spiro atoms. The first-order chi connectivity index (χ1) is 11.3. The predicted octanol–water partition coefficient (Wildman–Crippen LogP) is 4.80. The van der Waals surface area contributed by atoms with Crippen LogP contribution in [0.2, 0.25) is 0 Å². The van der Waals surface area contributed by atoms with Crippen LogP contribution in [-0.2, 0) is 10.8 Å². The third-order valence-corrected chi connectivity index (χ3v) is 5.17. The van der Waals surface area contributed by atoms with E-state index in [1.807, 2.05) is 6.07 Å². The van der Waals surface area contributed by atoms with Crippen molar-refractivity contribution in [3.05, 3.63) is 81.0 Å². The zero-order valence-electron chi connectivity index (χ0n) is 14.9. The first kappa shape index (κ1) is 16.5. The molecule has 1 aliphatic carbocycles. The molecule has 0 amide bonds. The lowest BCUT2D eigenvalue weighted by atomic mass is 9.63. The predicted molar refractivity (Wildman–Crippen MR) is 100 cm³/mol. The minimum Gasteiger partial charge on any atom is -0.290 e. The summed E-state index contributed by atoms with van der Waals surface area (Å²) in [5.41, 5.74) is 5.19. The summed E-state index contributed by atoms with van der Waals surface area (Å²) in [5, 5.41) is 0. The Morgan fingerprint density at radius 3 is 2.12 bits per heavy atom. The van der Waals surface area contributed by atoms with E-state index in [1.165, 1.54) is 24.0 Å². The van der Waals surface area contributed by atoms with Crippen molar-refractivity contribution in [3.8, 4) is 11.8 Å². The van der Waals surface area contributed by atoms with Gasteiger partial charge in [-0.05, 0) is 71.2 Å². The molecule has 0 fully saturated rings. The fourth-order valence-corrected chi connectivity index (χ4v) is 3.42. The van der Waals surface area contributed by atoms with Gasteiger partial charge in [-0.15, -0.1) is 0 Å². The number of fused-ring (bicyclic) bond motifs is 1. The van der Waals surface area contributed by atoms with Crippen molar-refractivity contribution in [2.75, 3.05) is 0 Å². The van der Waals surface area contributed by atoms with Crippen molar-refractivity contribution < 1.29 is 0 Å². The van der Waals surface area contributed by atoms with Gasteiger partial charge < -0.3 is 0 Å². The van der Waals surface area contributed by atoms with Crippen molar-refractivity contribution in [3.63, 3.8) is 0 Å². The fraction of sp³-hybridized carbons (Fsp3) is 0.348. The molecule has 0 bridgehead atoms. The van der Waals surface area contributed by atoms with Gasteiger partial charge in [-0.25, -0.2) is 0 Å². The molecule has 1 aliphatic rings. The molecule has 122 valence electrons. The summed E-state index contributed by atoms with van der Waals surface area (Å²) in [6.45, 7) is 9.31. The first-order valence-corrected chi connectivity index (χ1v) is 8.55. The molecule has 0 saturated carbocycles. The van der Waals surface area contributed by atoms with Gasteiger partial charge in [0.25, 0.3) is 0 Å². The summed E-state index contributed by atoms with van der Waals surface area (Å²) in [6, 6.07) is 15.1. The van der Waals surface area contributed by atoms with Crippen molar-refractivity contribution in [2.24, 2.45) is 0 Å². The quantitative estimate of drug-likeness (QED) is 0.638. The van der Waals surface area contributed by atoms with Crippen molar-refractivity contribution in [1.82, 2.24) is 0 Å². The molecule has 0 saturated heterocycles. The van der Waals surface area contributed by atoms with Crippen LogP contribution in [-0.4, -0.2) is 0 Å². The highest BCUT2D eigenvalue weighted by Crippen LogP contribution is 2.45. The van der Waals surface area contributed by atoms with Crippen molar-refractivity contribution in [2.45, 2.75) is 51.4 Å². The number of benzene rings is 1. The van der Waals surface area contributed by atoms with E-state index in [0.717, 1.165) is 11.1 Å². The van der Waals surface area contributed by atoms with Crippen LogP contribution in [0.3, 0.4) is 0 Å². The van der Waals surface area contributed by atoms with Gasteiger partial charge in [-0.1, -0.05) is 51.7 Å². The normalized spacial score (nSPS) is 17.3. The van der Waals surface area contributed by atoms with Gasteiger partial charge in [0.15, 0.2) is 5.43 Å². The highest BCUT2D eigenvalue weighted by Gasteiger charge is 2.36. The molecule has 0 atom stereocenters. The third-order valence-electron chi connectivity index (χ3n) is 5.17. The number of hydrogen-bond donors (Lipinski definition) is 0. The molecular formula is C23H24O. The van der Waals surface area contributed by atoms with Crippen LogP contribution < -0.4 is 5.43 Å². The molecule has 3 rings (SSSR count). The minimum atomic E-state index is 0.000752. The van der Waals surface area contributed by atoms with Gasteiger partial charge in [0.2, 0.25) is 0 Å².